The summed E-state index contributed by atoms with van der Waals surface area (Å²) < 4.78 is 7.08. The fourth-order valence-electron chi connectivity index (χ4n) is 3.70. The molecular weight excluding hydrogens is 452 g/mol. The molecule has 4 aromatic rings. The molecule has 0 spiro atoms. The summed E-state index contributed by atoms with van der Waals surface area (Å²) in [4.78, 5) is 29.9. The highest BCUT2D eigenvalue weighted by Crippen LogP contribution is 2.19. The van der Waals surface area contributed by atoms with Crippen LogP contribution in [-0.2, 0) is 17.8 Å². The molecule has 0 saturated carbocycles. The molecule has 4 rings (SSSR count). The van der Waals surface area contributed by atoms with Crippen LogP contribution >= 0.6 is 11.6 Å². The van der Waals surface area contributed by atoms with Gasteiger partial charge in [0.25, 0.3) is 5.91 Å². The number of methoxy groups -OCH3 is 1. The number of fused-ring (bicyclic) bond motifs is 1. The number of nitrogens with one attached hydrogen (secondary N) is 2. The van der Waals surface area contributed by atoms with Crippen molar-refractivity contribution in [1.29, 1.82) is 0 Å². The van der Waals surface area contributed by atoms with E-state index < -0.39 is 0 Å². The number of hydrogen-bond acceptors (Lipinski definition) is 4. The Morgan fingerprint density at radius 2 is 1.74 bits per heavy atom. The van der Waals surface area contributed by atoms with Crippen LogP contribution in [-0.4, -0.2) is 35.0 Å². The van der Waals surface area contributed by atoms with Crippen LogP contribution in [0, 0.1) is 0 Å². The summed E-state index contributed by atoms with van der Waals surface area (Å²) in [5, 5.41) is 6.23. The van der Waals surface area contributed by atoms with Gasteiger partial charge in [0, 0.05) is 18.7 Å². The van der Waals surface area contributed by atoms with Crippen LogP contribution in [0.4, 0.5) is 5.69 Å². The summed E-state index contributed by atoms with van der Waals surface area (Å²) in [5.74, 6) is 1.15. The van der Waals surface area contributed by atoms with Crippen LogP contribution in [0.5, 0.6) is 5.75 Å². The number of halogens is 1. The number of aryl methyl sites for hydroxylation is 1. The zero-order valence-electron chi connectivity index (χ0n) is 18.8. The molecule has 0 atom stereocenters. The maximum Gasteiger partial charge on any atom is 0.252 e. The Morgan fingerprint density at radius 3 is 2.50 bits per heavy atom. The lowest BCUT2D eigenvalue weighted by Crippen LogP contribution is -2.25. The Bertz CT molecular complexity index is 1300. The van der Waals surface area contributed by atoms with Crippen LogP contribution in [0.2, 0.25) is 5.02 Å². The largest absolute Gasteiger partial charge is 0.497 e. The van der Waals surface area contributed by atoms with E-state index in [2.05, 4.69) is 10.6 Å². The average molecular weight is 477 g/mol. The Balaban J connectivity index is 1.41. The van der Waals surface area contributed by atoms with Gasteiger partial charge in [-0.05, 0) is 55.0 Å². The fraction of sp³-hybridized carbons (Fsp3) is 0.192. The molecule has 8 heteroatoms. The zero-order chi connectivity index (χ0) is 23.9. The summed E-state index contributed by atoms with van der Waals surface area (Å²) in [7, 11) is 1.60. The van der Waals surface area contributed by atoms with Gasteiger partial charge in [0.2, 0.25) is 5.91 Å². The number of carbonyl (C=O) groups excluding carboxylic acids is 2. The highest BCUT2D eigenvalue weighted by atomic mass is 35.5. The van der Waals surface area contributed by atoms with Crippen LogP contribution in [0.3, 0.4) is 0 Å². The Kier molecular flexibility index (Phi) is 7.44. The lowest BCUT2D eigenvalue weighted by Gasteiger charge is -2.11. The Morgan fingerprint density at radius 1 is 1.00 bits per heavy atom. The normalized spacial score (nSPS) is 10.8. The number of para-hydroxylation sites is 2. The van der Waals surface area contributed by atoms with Crippen molar-refractivity contribution in [3.63, 3.8) is 0 Å². The Labute approximate surface area is 202 Å². The Hall–Kier alpha value is -3.84. The van der Waals surface area contributed by atoms with Crippen molar-refractivity contribution in [2.45, 2.75) is 19.4 Å². The first-order valence-electron chi connectivity index (χ1n) is 11.0. The number of rotatable bonds is 9. The number of carbonyl (C=O) groups is 2. The molecule has 2 amide bonds. The second kappa shape index (κ2) is 10.9. The smallest absolute Gasteiger partial charge is 0.252 e. The standard InChI is InChI=1S/C26H25ClN4O3/c1-34-19-14-12-18(13-15-19)29-25(32)17-31-23-10-5-4-9-22(23)30-24(31)11-6-16-28-26(33)20-7-2-3-8-21(20)27/h2-5,7-10,12-15H,6,11,16-17H2,1H3,(H,28,33)(H,29,32). The average Bonchev–Trinajstić information content (AvgIpc) is 3.19. The van der Waals surface area contributed by atoms with Gasteiger partial charge in [-0.25, -0.2) is 4.98 Å². The molecule has 0 radical (unpaired) electrons. The van der Waals surface area contributed by atoms with E-state index in [-0.39, 0.29) is 18.4 Å². The molecule has 0 saturated heterocycles. The fourth-order valence-corrected chi connectivity index (χ4v) is 3.92. The van der Waals surface area contributed by atoms with Gasteiger partial charge in [0.05, 0.1) is 28.7 Å². The molecule has 3 aromatic carbocycles. The molecule has 34 heavy (non-hydrogen) atoms. The summed E-state index contributed by atoms with van der Waals surface area (Å²) in [6, 6.07) is 21.9. The number of amides is 2. The molecular formula is C26H25ClN4O3. The summed E-state index contributed by atoms with van der Waals surface area (Å²) >= 11 is 6.10. The molecule has 0 aliphatic heterocycles. The van der Waals surface area contributed by atoms with Crippen molar-refractivity contribution in [2.24, 2.45) is 0 Å². The number of benzene rings is 3. The molecule has 0 aliphatic rings. The SMILES string of the molecule is COc1ccc(NC(=O)Cn2c(CCCNC(=O)c3ccccc3Cl)nc3ccccc32)cc1. The third-order valence-corrected chi connectivity index (χ3v) is 5.72. The number of ether oxygens (including phenoxy) is 1. The lowest BCUT2D eigenvalue weighted by molar-refractivity contribution is -0.116. The van der Waals surface area contributed by atoms with Gasteiger partial charge in [-0.3, -0.25) is 9.59 Å². The highest BCUT2D eigenvalue weighted by Gasteiger charge is 2.14. The molecule has 0 aliphatic carbocycles. The maximum absolute atomic E-state index is 12.8. The van der Waals surface area contributed by atoms with Crippen molar-refractivity contribution >= 4 is 40.1 Å². The van der Waals surface area contributed by atoms with Crippen LogP contribution in [0.15, 0.2) is 72.8 Å². The first-order valence-corrected chi connectivity index (χ1v) is 11.3. The van der Waals surface area contributed by atoms with Crippen molar-refractivity contribution in [2.75, 3.05) is 19.0 Å². The van der Waals surface area contributed by atoms with Gasteiger partial charge < -0.3 is 19.9 Å². The van der Waals surface area contributed by atoms with E-state index in [4.69, 9.17) is 21.3 Å². The highest BCUT2D eigenvalue weighted by molar-refractivity contribution is 6.33. The molecule has 2 N–H and O–H groups in total. The molecule has 0 fully saturated rings. The van der Waals surface area contributed by atoms with E-state index in [9.17, 15) is 9.59 Å². The predicted octanol–water partition coefficient (Wildman–Crippen LogP) is 4.70. The van der Waals surface area contributed by atoms with Gasteiger partial charge >= 0.3 is 0 Å². The molecule has 1 aromatic heterocycles. The van der Waals surface area contributed by atoms with Crippen molar-refractivity contribution in [1.82, 2.24) is 14.9 Å². The molecule has 7 nitrogen and oxygen atoms in total. The quantitative estimate of drug-likeness (QED) is 0.343. The number of hydrogen-bond donors (Lipinski definition) is 2. The summed E-state index contributed by atoms with van der Waals surface area (Å²) in [6.45, 7) is 0.596. The van der Waals surface area contributed by atoms with E-state index in [0.717, 1.165) is 22.6 Å². The topological polar surface area (TPSA) is 85.2 Å². The van der Waals surface area contributed by atoms with E-state index in [1.165, 1.54) is 0 Å². The second-order valence-electron chi connectivity index (χ2n) is 7.72. The monoisotopic (exact) mass is 476 g/mol. The van der Waals surface area contributed by atoms with Crippen molar-refractivity contribution in [3.05, 3.63) is 89.2 Å². The van der Waals surface area contributed by atoms with E-state index in [1.54, 1.807) is 55.6 Å². The van der Waals surface area contributed by atoms with Gasteiger partial charge in [-0.1, -0.05) is 35.9 Å². The predicted molar refractivity (Wildman–Crippen MR) is 133 cm³/mol. The number of anilines is 1. The van der Waals surface area contributed by atoms with Gasteiger partial charge in [0.15, 0.2) is 0 Å². The van der Waals surface area contributed by atoms with Crippen LogP contribution < -0.4 is 15.4 Å². The minimum Gasteiger partial charge on any atom is -0.497 e. The van der Waals surface area contributed by atoms with Crippen molar-refractivity contribution < 1.29 is 14.3 Å². The van der Waals surface area contributed by atoms with Crippen LogP contribution in [0.25, 0.3) is 11.0 Å². The minimum absolute atomic E-state index is 0.133. The van der Waals surface area contributed by atoms with E-state index in [1.807, 2.05) is 28.8 Å². The van der Waals surface area contributed by atoms with Gasteiger partial charge in [-0.2, -0.15) is 0 Å². The van der Waals surface area contributed by atoms with E-state index in [0.29, 0.717) is 35.7 Å². The molecule has 174 valence electrons. The number of nitrogens with zero attached hydrogens (tertiary/aromatic N) is 2. The lowest BCUT2D eigenvalue weighted by atomic mass is 10.2. The summed E-state index contributed by atoms with van der Waals surface area (Å²) in [5.41, 5.74) is 2.86. The first kappa shape index (κ1) is 23.3. The molecule has 0 unspecified atom stereocenters. The molecule has 1 heterocycles. The minimum atomic E-state index is -0.210. The van der Waals surface area contributed by atoms with Gasteiger partial charge in [-0.15, -0.1) is 0 Å². The van der Waals surface area contributed by atoms with Crippen molar-refractivity contribution in [3.8, 4) is 5.75 Å². The number of aromatic nitrogens is 2. The van der Waals surface area contributed by atoms with Crippen LogP contribution in [0.1, 0.15) is 22.6 Å². The number of imidazole rings is 1. The summed E-state index contributed by atoms with van der Waals surface area (Å²) in [6.07, 6.45) is 1.27. The molecule has 0 bridgehead atoms. The maximum atomic E-state index is 12.8. The third kappa shape index (κ3) is 5.55. The zero-order valence-corrected chi connectivity index (χ0v) is 19.5. The first-order chi connectivity index (χ1) is 16.5. The second-order valence-corrected chi connectivity index (χ2v) is 8.13. The van der Waals surface area contributed by atoms with E-state index >= 15 is 0 Å². The third-order valence-electron chi connectivity index (χ3n) is 5.39. The van der Waals surface area contributed by atoms with Gasteiger partial charge in [0.1, 0.15) is 18.1 Å².